The Hall–Kier alpha value is -4.46. The van der Waals surface area contributed by atoms with Crippen molar-refractivity contribution in [1.29, 1.82) is 0 Å². The Kier molecular flexibility index (Phi) is 7.15. The number of hydrogen-bond donors (Lipinski definition) is 2. The van der Waals surface area contributed by atoms with E-state index < -0.39 is 17.7 Å². The first-order chi connectivity index (χ1) is 17.3. The van der Waals surface area contributed by atoms with E-state index >= 15 is 0 Å². The highest BCUT2D eigenvalue weighted by molar-refractivity contribution is 6.51. The van der Waals surface area contributed by atoms with E-state index in [0.717, 1.165) is 0 Å². The van der Waals surface area contributed by atoms with Crippen LogP contribution in [-0.2, 0) is 14.4 Å². The van der Waals surface area contributed by atoms with Crippen molar-refractivity contribution in [3.63, 3.8) is 0 Å². The molecule has 3 aromatic rings. The molecule has 2 N–H and O–H groups in total. The number of aromatic nitrogens is 1. The average molecular weight is 486 g/mol. The number of rotatable bonds is 7. The van der Waals surface area contributed by atoms with Crippen LogP contribution in [0.15, 0.2) is 78.6 Å². The molecule has 2 heterocycles. The topological polar surface area (TPSA) is 109 Å². The Labute approximate surface area is 209 Å². The molecule has 1 saturated heterocycles. The second kappa shape index (κ2) is 10.4. The molecule has 1 atom stereocenters. The summed E-state index contributed by atoms with van der Waals surface area (Å²) in [5.74, 6) is -1.30. The quantitative estimate of drug-likeness (QED) is 0.285. The Morgan fingerprint density at radius 3 is 2.50 bits per heavy atom. The maximum absolute atomic E-state index is 13.3. The van der Waals surface area contributed by atoms with Crippen LogP contribution in [0, 0.1) is 5.92 Å². The molecular formula is C28H27N3O5. The fourth-order valence-corrected chi connectivity index (χ4v) is 4.05. The Balaban J connectivity index is 1.84. The maximum atomic E-state index is 13.3. The van der Waals surface area contributed by atoms with Crippen LogP contribution >= 0.6 is 0 Å². The molecule has 0 saturated carbocycles. The zero-order valence-corrected chi connectivity index (χ0v) is 20.3. The lowest BCUT2D eigenvalue weighted by Crippen LogP contribution is -2.29. The molecule has 2 amide bonds. The number of ether oxygens (including phenoxy) is 1. The molecule has 184 valence electrons. The number of carbonyl (C=O) groups excluding carboxylic acids is 3. The molecule has 0 aliphatic carbocycles. The van der Waals surface area contributed by atoms with Crippen LogP contribution in [0.2, 0.25) is 0 Å². The molecule has 1 aromatic heterocycles. The van der Waals surface area contributed by atoms with Crippen molar-refractivity contribution in [3.8, 4) is 5.75 Å². The van der Waals surface area contributed by atoms with E-state index in [4.69, 9.17) is 4.74 Å². The van der Waals surface area contributed by atoms with E-state index in [9.17, 15) is 19.5 Å². The maximum Gasteiger partial charge on any atom is 0.300 e. The molecule has 4 rings (SSSR count). The summed E-state index contributed by atoms with van der Waals surface area (Å²) >= 11 is 0. The molecule has 8 nitrogen and oxygen atoms in total. The summed E-state index contributed by atoms with van der Waals surface area (Å²) in [4.78, 5) is 43.6. The van der Waals surface area contributed by atoms with E-state index in [1.165, 1.54) is 11.8 Å². The normalized spacial score (nSPS) is 16.9. The lowest BCUT2D eigenvalue weighted by Gasteiger charge is -2.25. The van der Waals surface area contributed by atoms with Gasteiger partial charge in [0, 0.05) is 36.3 Å². The van der Waals surface area contributed by atoms with Crippen LogP contribution in [0.1, 0.15) is 37.9 Å². The highest BCUT2D eigenvalue weighted by Crippen LogP contribution is 2.42. The summed E-state index contributed by atoms with van der Waals surface area (Å²) in [6.45, 7) is 5.94. The van der Waals surface area contributed by atoms with Crippen molar-refractivity contribution in [2.24, 2.45) is 5.92 Å². The number of hydrogen-bond acceptors (Lipinski definition) is 6. The minimum atomic E-state index is -0.902. The summed E-state index contributed by atoms with van der Waals surface area (Å²) in [5, 5.41) is 14.0. The molecule has 0 radical (unpaired) electrons. The minimum Gasteiger partial charge on any atom is -0.507 e. The van der Waals surface area contributed by atoms with Crippen LogP contribution < -0.4 is 15.0 Å². The molecule has 1 fully saturated rings. The van der Waals surface area contributed by atoms with Crippen molar-refractivity contribution < 1.29 is 24.2 Å². The van der Waals surface area contributed by atoms with Crippen LogP contribution in [0.3, 0.4) is 0 Å². The molecule has 0 bridgehead atoms. The van der Waals surface area contributed by atoms with Gasteiger partial charge in [0.2, 0.25) is 5.91 Å². The van der Waals surface area contributed by atoms with Crippen LogP contribution in [0.4, 0.5) is 11.4 Å². The van der Waals surface area contributed by atoms with E-state index in [1.54, 1.807) is 73.1 Å². The zero-order valence-electron chi connectivity index (χ0n) is 20.3. The summed E-state index contributed by atoms with van der Waals surface area (Å²) in [7, 11) is 0. The summed E-state index contributed by atoms with van der Waals surface area (Å²) in [5.41, 5.74) is 1.80. The second-order valence-corrected chi connectivity index (χ2v) is 8.91. The summed E-state index contributed by atoms with van der Waals surface area (Å²) in [6.07, 6.45) is 3.12. The van der Waals surface area contributed by atoms with Gasteiger partial charge >= 0.3 is 0 Å². The predicted octanol–water partition coefficient (Wildman–Crippen LogP) is 4.70. The lowest BCUT2D eigenvalue weighted by atomic mass is 9.95. The summed E-state index contributed by atoms with van der Waals surface area (Å²) < 4.78 is 5.78. The van der Waals surface area contributed by atoms with Crippen molar-refractivity contribution in [3.05, 3.63) is 89.8 Å². The highest BCUT2D eigenvalue weighted by Gasteiger charge is 2.47. The first-order valence-corrected chi connectivity index (χ1v) is 11.6. The standard InChI is InChI=1S/C28H27N3O5/c1-17(2)16-36-23-9-4-6-20(14-23)26(33)24-25(19-10-12-29-13-11-19)31(28(35)27(24)34)22-8-5-7-21(15-22)30-18(3)32/h4-15,17,25,33H,16H2,1-3H3,(H,30,32)/b26-24+. The molecule has 1 aliphatic rings. The predicted molar refractivity (Wildman–Crippen MR) is 137 cm³/mol. The SMILES string of the molecule is CC(=O)Nc1cccc(N2C(=O)C(=O)/C(=C(/O)c3cccc(OCC(C)C)c3)C2c2ccncc2)c1. The smallest absolute Gasteiger partial charge is 0.300 e. The Morgan fingerprint density at radius 2 is 1.81 bits per heavy atom. The van der Waals surface area contributed by atoms with Crippen molar-refractivity contribution >= 4 is 34.7 Å². The number of nitrogens with one attached hydrogen (secondary N) is 1. The number of ketones is 1. The molecule has 2 aromatic carbocycles. The van der Waals surface area contributed by atoms with Crippen molar-refractivity contribution in [2.45, 2.75) is 26.8 Å². The molecular weight excluding hydrogens is 458 g/mol. The first-order valence-electron chi connectivity index (χ1n) is 11.6. The second-order valence-electron chi connectivity index (χ2n) is 8.91. The van der Waals surface area contributed by atoms with Gasteiger partial charge in [0.1, 0.15) is 11.5 Å². The molecule has 0 spiro atoms. The number of aliphatic hydroxyl groups excluding tert-OH is 1. The van der Waals surface area contributed by atoms with Crippen molar-refractivity contribution in [2.75, 3.05) is 16.8 Å². The van der Waals surface area contributed by atoms with Gasteiger partial charge in [-0.25, -0.2) is 0 Å². The number of amides is 2. The van der Waals surface area contributed by atoms with E-state index in [2.05, 4.69) is 10.3 Å². The zero-order chi connectivity index (χ0) is 25.8. The van der Waals surface area contributed by atoms with Gasteiger partial charge in [-0.05, 0) is 53.9 Å². The number of benzene rings is 2. The van der Waals surface area contributed by atoms with Gasteiger partial charge in [-0.3, -0.25) is 24.3 Å². The third-order valence-electron chi connectivity index (χ3n) is 5.60. The third-order valence-corrected chi connectivity index (χ3v) is 5.60. The van der Waals surface area contributed by atoms with Gasteiger partial charge in [0.05, 0.1) is 18.2 Å². The number of anilines is 2. The average Bonchev–Trinajstić information content (AvgIpc) is 3.13. The van der Waals surface area contributed by atoms with Crippen LogP contribution in [-0.4, -0.2) is 34.3 Å². The van der Waals surface area contributed by atoms with Gasteiger partial charge in [0.25, 0.3) is 11.7 Å². The number of carbonyl (C=O) groups is 3. The number of nitrogens with zero attached hydrogens (tertiary/aromatic N) is 2. The van der Waals surface area contributed by atoms with Crippen molar-refractivity contribution in [1.82, 2.24) is 4.98 Å². The van der Waals surface area contributed by atoms with E-state index in [-0.39, 0.29) is 17.2 Å². The van der Waals surface area contributed by atoms with Gasteiger partial charge < -0.3 is 15.2 Å². The highest BCUT2D eigenvalue weighted by atomic mass is 16.5. The third kappa shape index (κ3) is 5.12. The number of aliphatic hydroxyl groups is 1. The van der Waals surface area contributed by atoms with Gasteiger partial charge in [-0.15, -0.1) is 0 Å². The monoisotopic (exact) mass is 485 g/mol. The molecule has 1 unspecified atom stereocenters. The number of Topliss-reactive ketones (excluding diaryl/α,β-unsaturated/α-hetero) is 1. The lowest BCUT2D eigenvalue weighted by molar-refractivity contribution is -0.132. The number of pyridine rings is 1. The Bertz CT molecular complexity index is 1330. The minimum absolute atomic E-state index is 0.0443. The fourth-order valence-electron chi connectivity index (χ4n) is 4.05. The van der Waals surface area contributed by atoms with Gasteiger partial charge in [-0.1, -0.05) is 32.0 Å². The van der Waals surface area contributed by atoms with Crippen LogP contribution in [0.25, 0.3) is 5.76 Å². The van der Waals surface area contributed by atoms with Crippen LogP contribution in [0.5, 0.6) is 5.75 Å². The first kappa shape index (κ1) is 24.7. The molecule has 36 heavy (non-hydrogen) atoms. The molecule has 1 aliphatic heterocycles. The molecule has 8 heteroatoms. The largest absolute Gasteiger partial charge is 0.507 e. The fraction of sp³-hybridized carbons (Fsp3) is 0.214. The van der Waals surface area contributed by atoms with E-state index in [0.29, 0.717) is 40.8 Å². The summed E-state index contributed by atoms with van der Waals surface area (Å²) in [6, 6.07) is 15.9. The van der Waals surface area contributed by atoms with E-state index in [1.807, 2.05) is 13.8 Å². The van der Waals surface area contributed by atoms with Gasteiger partial charge in [-0.2, -0.15) is 0 Å². The van der Waals surface area contributed by atoms with Gasteiger partial charge in [0.15, 0.2) is 0 Å². The Morgan fingerprint density at radius 1 is 1.08 bits per heavy atom.